The van der Waals surface area contributed by atoms with Crippen molar-refractivity contribution in [2.75, 3.05) is 14.2 Å². The molecule has 0 radical (unpaired) electrons. The molecule has 7 heteroatoms. The van der Waals surface area contributed by atoms with Gasteiger partial charge in [-0.25, -0.2) is 9.97 Å². The van der Waals surface area contributed by atoms with Crippen molar-refractivity contribution in [2.45, 2.75) is 13.8 Å². The molecule has 0 saturated heterocycles. The van der Waals surface area contributed by atoms with E-state index in [4.69, 9.17) is 9.47 Å². The van der Waals surface area contributed by atoms with Gasteiger partial charge >= 0.3 is 0 Å². The van der Waals surface area contributed by atoms with Crippen molar-refractivity contribution >= 4 is 0 Å². The lowest BCUT2D eigenvalue weighted by Gasteiger charge is -2.08. The topological polar surface area (TPSA) is 82.0 Å². The Morgan fingerprint density at radius 2 is 1.62 bits per heavy atom. The van der Waals surface area contributed by atoms with E-state index >= 15 is 0 Å². The zero-order chi connectivity index (χ0) is 17.3. The Bertz CT molecular complexity index is 923. The molecular formula is C17H18N4O3. The van der Waals surface area contributed by atoms with Gasteiger partial charge in [0.25, 0.3) is 11.5 Å². The molecule has 3 aromatic rings. The highest BCUT2D eigenvalue weighted by molar-refractivity contribution is 5.63. The Kier molecular flexibility index (Phi) is 4.07. The van der Waals surface area contributed by atoms with E-state index in [1.165, 1.54) is 10.7 Å². The summed E-state index contributed by atoms with van der Waals surface area (Å²) in [6, 6.07) is 8.79. The van der Waals surface area contributed by atoms with E-state index in [1.807, 2.05) is 26.0 Å². The molecule has 124 valence electrons. The normalized spacial score (nSPS) is 10.7. The van der Waals surface area contributed by atoms with Crippen molar-refractivity contribution in [1.82, 2.24) is 19.7 Å². The molecule has 0 bridgehead atoms. The molecular weight excluding hydrogens is 308 g/mol. The molecule has 0 unspecified atom stereocenters. The summed E-state index contributed by atoms with van der Waals surface area (Å²) in [5, 5.41) is 3.04. The summed E-state index contributed by atoms with van der Waals surface area (Å²) in [5.74, 6) is 1.54. The summed E-state index contributed by atoms with van der Waals surface area (Å²) in [6.07, 6.45) is 0. The Morgan fingerprint density at radius 3 is 2.25 bits per heavy atom. The first-order valence-electron chi connectivity index (χ1n) is 7.39. The first-order valence-corrected chi connectivity index (χ1v) is 7.39. The van der Waals surface area contributed by atoms with Gasteiger partial charge in [0.05, 0.1) is 19.9 Å². The van der Waals surface area contributed by atoms with Gasteiger partial charge in [0, 0.05) is 23.0 Å². The predicted molar refractivity (Wildman–Crippen MR) is 90.0 cm³/mol. The maximum Gasteiger partial charge on any atom is 0.274 e. The van der Waals surface area contributed by atoms with Crippen LogP contribution in [0.4, 0.5) is 0 Å². The third-order valence-electron chi connectivity index (χ3n) is 3.59. The summed E-state index contributed by atoms with van der Waals surface area (Å²) in [7, 11) is 3.15. The Morgan fingerprint density at radius 1 is 0.958 bits per heavy atom. The van der Waals surface area contributed by atoms with Crippen LogP contribution in [0.25, 0.3) is 17.2 Å². The van der Waals surface area contributed by atoms with Gasteiger partial charge in [-0.2, -0.15) is 4.68 Å². The van der Waals surface area contributed by atoms with Crippen molar-refractivity contribution in [3.63, 3.8) is 0 Å². The number of H-pyrrole nitrogens is 1. The average molecular weight is 326 g/mol. The monoisotopic (exact) mass is 326 g/mol. The van der Waals surface area contributed by atoms with Crippen molar-refractivity contribution in [3.8, 4) is 28.7 Å². The quantitative estimate of drug-likeness (QED) is 0.795. The Balaban J connectivity index is 2.07. The number of hydrogen-bond acceptors (Lipinski definition) is 5. The number of nitrogens with zero attached hydrogens (tertiary/aromatic N) is 3. The third-order valence-corrected chi connectivity index (χ3v) is 3.59. The van der Waals surface area contributed by atoms with Crippen molar-refractivity contribution in [3.05, 3.63) is 52.1 Å². The van der Waals surface area contributed by atoms with E-state index in [0.29, 0.717) is 23.1 Å². The second-order valence-electron chi connectivity index (χ2n) is 5.36. The first-order chi connectivity index (χ1) is 11.5. The number of ether oxygens (including phenoxy) is 2. The standard InChI is InChI=1S/C17H18N4O3/c1-10-7-11(2)19-17(18-10)21-16(22)9-13(20-21)12-5-6-14(23-3)15(8-12)24-4/h5-9,20H,1-4H3. The van der Waals surface area contributed by atoms with Crippen LogP contribution in [0.3, 0.4) is 0 Å². The van der Waals surface area contributed by atoms with E-state index in [9.17, 15) is 4.79 Å². The number of aromatic amines is 1. The van der Waals surface area contributed by atoms with E-state index in [1.54, 1.807) is 26.4 Å². The number of nitrogens with one attached hydrogen (secondary N) is 1. The number of benzene rings is 1. The summed E-state index contributed by atoms with van der Waals surface area (Å²) < 4.78 is 11.9. The molecule has 3 rings (SSSR count). The summed E-state index contributed by atoms with van der Waals surface area (Å²) >= 11 is 0. The molecule has 0 saturated carbocycles. The lowest BCUT2D eigenvalue weighted by atomic mass is 10.1. The second kappa shape index (κ2) is 6.19. The SMILES string of the molecule is COc1ccc(-c2cc(=O)n(-c3nc(C)cc(C)n3)[nH]2)cc1OC. The van der Waals surface area contributed by atoms with E-state index in [2.05, 4.69) is 15.1 Å². The van der Waals surface area contributed by atoms with Gasteiger partial charge in [0.2, 0.25) is 0 Å². The molecule has 0 aliphatic heterocycles. The molecule has 1 N–H and O–H groups in total. The van der Waals surface area contributed by atoms with Crippen molar-refractivity contribution in [1.29, 1.82) is 0 Å². The zero-order valence-electron chi connectivity index (χ0n) is 14.0. The maximum absolute atomic E-state index is 12.3. The fourth-order valence-corrected chi connectivity index (χ4v) is 2.50. The maximum atomic E-state index is 12.3. The minimum absolute atomic E-state index is 0.232. The van der Waals surface area contributed by atoms with Crippen LogP contribution in [0.1, 0.15) is 11.4 Å². The highest BCUT2D eigenvalue weighted by atomic mass is 16.5. The van der Waals surface area contributed by atoms with Gasteiger partial charge in [-0.15, -0.1) is 0 Å². The summed E-state index contributed by atoms with van der Waals surface area (Å²) in [4.78, 5) is 20.9. The van der Waals surface area contributed by atoms with Gasteiger partial charge in [-0.05, 0) is 38.1 Å². The molecule has 1 aromatic carbocycles. The van der Waals surface area contributed by atoms with Crippen LogP contribution in [0.15, 0.2) is 35.1 Å². The molecule has 0 amide bonds. The predicted octanol–water partition coefficient (Wildman–Crippen LogP) is 2.26. The highest BCUT2D eigenvalue weighted by Gasteiger charge is 2.12. The molecule has 24 heavy (non-hydrogen) atoms. The van der Waals surface area contributed by atoms with E-state index in [0.717, 1.165) is 17.0 Å². The first kappa shape index (κ1) is 15.8. The number of rotatable bonds is 4. The highest BCUT2D eigenvalue weighted by Crippen LogP contribution is 2.31. The molecule has 7 nitrogen and oxygen atoms in total. The van der Waals surface area contributed by atoms with Crippen LogP contribution in [-0.2, 0) is 0 Å². The van der Waals surface area contributed by atoms with Crippen LogP contribution >= 0.6 is 0 Å². The van der Waals surface area contributed by atoms with E-state index in [-0.39, 0.29) is 5.56 Å². The van der Waals surface area contributed by atoms with Gasteiger partial charge in [-0.3, -0.25) is 9.89 Å². The second-order valence-corrected chi connectivity index (χ2v) is 5.36. The molecule has 0 aliphatic carbocycles. The van der Waals surface area contributed by atoms with Gasteiger partial charge in [-0.1, -0.05) is 0 Å². The van der Waals surface area contributed by atoms with Crippen LogP contribution < -0.4 is 15.0 Å². The summed E-state index contributed by atoms with van der Waals surface area (Å²) in [5.41, 5.74) is 2.81. The lowest BCUT2D eigenvalue weighted by molar-refractivity contribution is 0.355. The van der Waals surface area contributed by atoms with Crippen LogP contribution in [0.5, 0.6) is 11.5 Å². The van der Waals surface area contributed by atoms with Crippen molar-refractivity contribution < 1.29 is 9.47 Å². The fraction of sp³-hybridized carbons (Fsp3) is 0.235. The van der Waals surface area contributed by atoms with Gasteiger partial charge in [0.1, 0.15) is 0 Å². The van der Waals surface area contributed by atoms with Gasteiger partial charge < -0.3 is 9.47 Å². The molecule has 0 fully saturated rings. The number of methoxy groups -OCH3 is 2. The zero-order valence-corrected chi connectivity index (χ0v) is 14.0. The third kappa shape index (κ3) is 2.88. The van der Waals surface area contributed by atoms with Crippen LogP contribution in [-0.4, -0.2) is 34.0 Å². The molecule has 2 aromatic heterocycles. The molecule has 0 aliphatic rings. The summed E-state index contributed by atoms with van der Waals surface area (Å²) in [6.45, 7) is 3.73. The smallest absolute Gasteiger partial charge is 0.274 e. The van der Waals surface area contributed by atoms with Crippen molar-refractivity contribution in [2.24, 2.45) is 0 Å². The van der Waals surface area contributed by atoms with E-state index < -0.39 is 0 Å². The Labute approximate surface area is 138 Å². The minimum Gasteiger partial charge on any atom is -0.493 e. The van der Waals surface area contributed by atoms with Gasteiger partial charge in [0.15, 0.2) is 11.5 Å². The lowest BCUT2D eigenvalue weighted by Crippen LogP contribution is -2.17. The number of hydrogen-bond donors (Lipinski definition) is 1. The molecule has 0 spiro atoms. The van der Waals surface area contributed by atoms with Crippen LogP contribution in [0.2, 0.25) is 0 Å². The minimum atomic E-state index is -0.232. The number of aryl methyl sites for hydroxylation is 2. The fourth-order valence-electron chi connectivity index (χ4n) is 2.50. The Hall–Kier alpha value is -3.09. The average Bonchev–Trinajstić information content (AvgIpc) is 2.95. The molecule has 2 heterocycles. The number of aromatic nitrogens is 4. The van der Waals surface area contributed by atoms with Crippen LogP contribution in [0, 0.1) is 13.8 Å². The largest absolute Gasteiger partial charge is 0.493 e. The molecule has 0 atom stereocenters.